The van der Waals surface area contributed by atoms with Crippen molar-refractivity contribution in [3.63, 3.8) is 0 Å². The van der Waals surface area contributed by atoms with Crippen LogP contribution in [0.5, 0.6) is 0 Å². The number of nitrogens with zero attached hydrogens (tertiary/aromatic N) is 7. The maximum atomic E-state index is 4.85. The fraction of sp³-hybridized carbons (Fsp3) is 0.250. The average Bonchev–Trinajstić information content (AvgIpc) is 3.22. The number of hydrogen-bond donors (Lipinski definition) is 0. The second kappa shape index (κ2) is 5.84. The number of fused-ring (bicyclic) bond motifs is 4. The Hall–Kier alpha value is -3.35. The Labute approximate surface area is 155 Å². The van der Waals surface area contributed by atoms with Crippen molar-refractivity contribution in [2.45, 2.75) is 33.6 Å². The predicted molar refractivity (Wildman–Crippen MR) is 103 cm³/mol. The van der Waals surface area contributed by atoms with Gasteiger partial charge in [-0.2, -0.15) is 10.1 Å². The Balaban J connectivity index is 1.49. The summed E-state index contributed by atoms with van der Waals surface area (Å²) in [6, 6.07) is 12.2. The predicted octanol–water partition coefficient (Wildman–Crippen LogP) is 3.03. The first-order valence-electron chi connectivity index (χ1n) is 9.02. The van der Waals surface area contributed by atoms with Gasteiger partial charge in [-0.15, -0.1) is 5.10 Å². The third-order valence-electron chi connectivity index (χ3n) is 4.78. The van der Waals surface area contributed by atoms with Gasteiger partial charge in [-0.25, -0.2) is 19.0 Å². The fourth-order valence-electron chi connectivity index (χ4n) is 3.52. The van der Waals surface area contributed by atoms with Crippen LogP contribution in [0.2, 0.25) is 0 Å². The smallest absolute Gasteiger partial charge is 0.233 e. The van der Waals surface area contributed by atoms with Gasteiger partial charge < -0.3 is 0 Å². The summed E-state index contributed by atoms with van der Waals surface area (Å²) in [5.41, 5.74) is 5.94. The minimum atomic E-state index is 0.656. The highest BCUT2D eigenvalue weighted by molar-refractivity contribution is 5.92. The van der Waals surface area contributed by atoms with E-state index in [1.54, 1.807) is 4.52 Å². The molecule has 0 atom stereocenters. The van der Waals surface area contributed by atoms with Crippen LogP contribution in [-0.4, -0.2) is 34.2 Å². The number of aryl methyl sites for hydroxylation is 5. The molecule has 7 nitrogen and oxygen atoms in total. The molecule has 0 radical (unpaired) electrons. The Morgan fingerprint density at radius 1 is 0.815 bits per heavy atom. The third-order valence-corrected chi connectivity index (χ3v) is 4.78. The normalized spacial score (nSPS) is 11.8. The van der Waals surface area contributed by atoms with E-state index in [1.807, 2.05) is 42.6 Å². The standard InChI is InChI=1S/C20H19N7/c1-12-10-13(2)27-20(21-12)23-18(25-27)9-8-15-11-14(3)26-19(22-15)16-6-4-5-7-17(16)24-26/h4-7,10-11H,8-9H2,1-3H3. The molecule has 0 saturated heterocycles. The SMILES string of the molecule is Cc1cc(C)n2nc(CCc3cc(C)n4nc5ccccc5c4n3)nc2n1. The van der Waals surface area contributed by atoms with Crippen molar-refractivity contribution in [1.29, 1.82) is 0 Å². The van der Waals surface area contributed by atoms with Crippen LogP contribution in [0, 0.1) is 20.8 Å². The topological polar surface area (TPSA) is 73.3 Å². The molecular weight excluding hydrogens is 338 g/mol. The second-order valence-electron chi connectivity index (χ2n) is 6.92. The lowest BCUT2D eigenvalue weighted by atomic mass is 10.2. The second-order valence-corrected chi connectivity index (χ2v) is 6.92. The van der Waals surface area contributed by atoms with Gasteiger partial charge in [0.05, 0.1) is 5.52 Å². The van der Waals surface area contributed by atoms with E-state index in [-0.39, 0.29) is 0 Å². The fourth-order valence-corrected chi connectivity index (χ4v) is 3.52. The first kappa shape index (κ1) is 15.9. The van der Waals surface area contributed by atoms with Crippen molar-refractivity contribution in [2.75, 3.05) is 0 Å². The molecule has 0 spiro atoms. The lowest BCUT2D eigenvalue weighted by Crippen LogP contribution is -2.02. The van der Waals surface area contributed by atoms with Gasteiger partial charge in [0.2, 0.25) is 0 Å². The molecule has 0 N–H and O–H groups in total. The van der Waals surface area contributed by atoms with E-state index in [1.165, 1.54) is 0 Å². The highest BCUT2D eigenvalue weighted by Gasteiger charge is 2.12. The van der Waals surface area contributed by atoms with Gasteiger partial charge in [-0.1, -0.05) is 12.1 Å². The van der Waals surface area contributed by atoms with Crippen LogP contribution in [0.15, 0.2) is 36.4 Å². The lowest BCUT2D eigenvalue weighted by Gasteiger charge is -2.03. The number of hydrogen-bond acceptors (Lipinski definition) is 5. The van der Waals surface area contributed by atoms with Crippen LogP contribution >= 0.6 is 0 Å². The minimum Gasteiger partial charge on any atom is -0.233 e. The van der Waals surface area contributed by atoms with E-state index in [2.05, 4.69) is 39.2 Å². The van der Waals surface area contributed by atoms with Gasteiger partial charge in [-0.3, -0.25) is 0 Å². The monoisotopic (exact) mass is 357 g/mol. The molecule has 0 aliphatic heterocycles. The molecule has 5 aromatic rings. The van der Waals surface area contributed by atoms with E-state index in [4.69, 9.17) is 4.98 Å². The number of benzene rings is 1. The average molecular weight is 357 g/mol. The minimum absolute atomic E-state index is 0.656. The molecule has 7 heteroatoms. The van der Waals surface area contributed by atoms with Gasteiger partial charge >= 0.3 is 0 Å². The molecule has 0 aliphatic rings. The van der Waals surface area contributed by atoms with Crippen LogP contribution in [0.3, 0.4) is 0 Å². The summed E-state index contributed by atoms with van der Waals surface area (Å²) < 4.78 is 3.71. The quantitative estimate of drug-likeness (QED) is 0.496. The van der Waals surface area contributed by atoms with Crippen LogP contribution in [-0.2, 0) is 12.8 Å². The molecule has 4 aromatic heterocycles. The summed E-state index contributed by atoms with van der Waals surface area (Å²) in [4.78, 5) is 13.9. The maximum absolute atomic E-state index is 4.85. The maximum Gasteiger partial charge on any atom is 0.252 e. The zero-order chi connectivity index (χ0) is 18.5. The number of aromatic nitrogens is 7. The van der Waals surface area contributed by atoms with Crippen LogP contribution < -0.4 is 0 Å². The molecule has 0 unspecified atom stereocenters. The van der Waals surface area contributed by atoms with Gasteiger partial charge in [0, 0.05) is 34.6 Å². The molecule has 0 aliphatic carbocycles. The summed E-state index contributed by atoms with van der Waals surface area (Å²) in [7, 11) is 0. The molecule has 27 heavy (non-hydrogen) atoms. The summed E-state index contributed by atoms with van der Waals surface area (Å²) >= 11 is 0. The highest BCUT2D eigenvalue weighted by atomic mass is 15.3. The van der Waals surface area contributed by atoms with Crippen LogP contribution in [0.4, 0.5) is 0 Å². The van der Waals surface area contributed by atoms with Crippen molar-refractivity contribution >= 4 is 22.3 Å². The summed E-state index contributed by atoms with van der Waals surface area (Å²) in [6.07, 6.45) is 1.49. The van der Waals surface area contributed by atoms with E-state index in [0.717, 1.165) is 58.0 Å². The van der Waals surface area contributed by atoms with E-state index >= 15 is 0 Å². The van der Waals surface area contributed by atoms with E-state index in [9.17, 15) is 0 Å². The Morgan fingerprint density at radius 2 is 1.63 bits per heavy atom. The molecule has 0 fully saturated rings. The van der Waals surface area contributed by atoms with E-state index < -0.39 is 0 Å². The largest absolute Gasteiger partial charge is 0.252 e. The molecule has 5 rings (SSSR count). The zero-order valence-electron chi connectivity index (χ0n) is 15.5. The van der Waals surface area contributed by atoms with Crippen molar-refractivity contribution < 1.29 is 0 Å². The molecule has 0 amide bonds. The third kappa shape index (κ3) is 2.63. The highest BCUT2D eigenvalue weighted by Crippen LogP contribution is 2.20. The first-order chi connectivity index (χ1) is 13.1. The first-order valence-corrected chi connectivity index (χ1v) is 9.02. The lowest BCUT2D eigenvalue weighted by molar-refractivity contribution is 0.798. The van der Waals surface area contributed by atoms with Crippen molar-refractivity contribution in [2.24, 2.45) is 0 Å². The van der Waals surface area contributed by atoms with E-state index in [0.29, 0.717) is 5.78 Å². The van der Waals surface area contributed by atoms with Gasteiger partial charge in [0.15, 0.2) is 11.5 Å². The molecule has 0 saturated carbocycles. The molecular formula is C20H19N7. The van der Waals surface area contributed by atoms with Crippen LogP contribution in [0.25, 0.3) is 22.3 Å². The van der Waals surface area contributed by atoms with Gasteiger partial charge in [-0.05, 0) is 51.5 Å². The Kier molecular flexibility index (Phi) is 3.43. The number of rotatable bonds is 3. The summed E-state index contributed by atoms with van der Waals surface area (Å²) in [5.74, 6) is 1.44. The molecule has 1 aromatic carbocycles. The van der Waals surface area contributed by atoms with Gasteiger partial charge in [0.1, 0.15) is 0 Å². The summed E-state index contributed by atoms with van der Waals surface area (Å²) in [5, 5.41) is 10.3. The van der Waals surface area contributed by atoms with Crippen molar-refractivity contribution in [1.82, 2.24) is 34.2 Å². The molecule has 4 heterocycles. The van der Waals surface area contributed by atoms with Crippen molar-refractivity contribution in [3.05, 3.63) is 65.0 Å². The Bertz CT molecular complexity index is 1310. The zero-order valence-corrected chi connectivity index (χ0v) is 15.5. The molecule has 0 bridgehead atoms. The van der Waals surface area contributed by atoms with Crippen molar-refractivity contribution in [3.8, 4) is 0 Å². The van der Waals surface area contributed by atoms with Crippen LogP contribution in [0.1, 0.15) is 28.6 Å². The van der Waals surface area contributed by atoms with Gasteiger partial charge in [0.25, 0.3) is 5.78 Å². The summed E-state index contributed by atoms with van der Waals surface area (Å²) in [6.45, 7) is 6.05. The Morgan fingerprint density at radius 3 is 2.52 bits per heavy atom. The molecule has 134 valence electrons.